The highest BCUT2D eigenvalue weighted by atomic mass is 16.6. The molecule has 0 saturated carbocycles. The molecule has 0 bridgehead atoms. The van der Waals surface area contributed by atoms with E-state index in [1.165, 1.54) is 71.0 Å². The summed E-state index contributed by atoms with van der Waals surface area (Å²) in [5.41, 5.74) is 12.0. The highest BCUT2D eigenvalue weighted by Crippen LogP contribution is 2.39. The van der Waals surface area contributed by atoms with Gasteiger partial charge in [0.25, 0.3) is 0 Å². The SMILES string of the molecule is c1ccc2c(c1)c1ccccc1n2-c1ccc2c(c1)c1cc(-n3c4ccccc4c4ccccc43)ccc1n2-c1ccc(CC2CO2)cc1. The molecule has 3 aromatic heterocycles. The van der Waals surface area contributed by atoms with Gasteiger partial charge in [-0.3, -0.25) is 0 Å². The van der Waals surface area contributed by atoms with Gasteiger partial charge in [0.15, 0.2) is 0 Å². The fourth-order valence-electron chi connectivity index (χ4n) is 8.19. The lowest BCUT2D eigenvalue weighted by Gasteiger charge is -2.11. The number of fused-ring (bicyclic) bond motifs is 9. The second-order valence-corrected chi connectivity index (χ2v) is 13.3. The summed E-state index contributed by atoms with van der Waals surface area (Å²) < 4.78 is 12.8. The summed E-state index contributed by atoms with van der Waals surface area (Å²) in [6.45, 7) is 0.872. The molecule has 49 heavy (non-hydrogen) atoms. The first kappa shape index (κ1) is 26.9. The average molecular weight is 630 g/mol. The third-order valence-electron chi connectivity index (χ3n) is 10.5. The lowest BCUT2D eigenvalue weighted by molar-refractivity contribution is 0.407. The predicted octanol–water partition coefficient (Wildman–Crippen LogP) is 10.9. The Labute approximate surface area is 282 Å². The standard InChI is InChI=1S/C45H31N3O/c1-5-13-40-34(9-1)35-10-2-6-14-41(35)47(40)31-21-23-44-38(26-31)39-27-32(48-42-15-7-3-11-36(42)37-12-4-8-16-43(37)48)22-24-45(39)46(44)30-19-17-29(18-20-30)25-33-28-49-33/h1-24,26-27,33H,25,28H2. The topological polar surface area (TPSA) is 27.3 Å². The molecule has 1 saturated heterocycles. The van der Waals surface area contributed by atoms with Gasteiger partial charge in [0.1, 0.15) is 0 Å². The summed E-state index contributed by atoms with van der Waals surface area (Å²) in [6, 6.07) is 57.9. The van der Waals surface area contributed by atoms with Crippen molar-refractivity contribution >= 4 is 65.4 Å². The van der Waals surface area contributed by atoms with Crippen LogP contribution in [-0.4, -0.2) is 26.4 Å². The van der Waals surface area contributed by atoms with Crippen LogP contribution in [0.15, 0.2) is 158 Å². The van der Waals surface area contributed by atoms with Crippen LogP contribution in [0.5, 0.6) is 0 Å². The van der Waals surface area contributed by atoms with Crippen molar-refractivity contribution in [2.45, 2.75) is 12.5 Å². The van der Waals surface area contributed by atoms with Crippen molar-refractivity contribution in [1.29, 1.82) is 0 Å². The van der Waals surface area contributed by atoms with Gasteiger partial charge in [0, 0.05) is 55.8 Å². The van der Waals surface area contributed by atoms with Gasteiger partial charge in [-0.25, -0.2) is 0 Å². The number of ether oxygens (including phenoxy) is 1. The Kier molecular flexibility index (Phi) is 5.60. The van der Waals surface area contributed by atoms with E-state index >= 15 is 0 Å². The molecule has 0 N–H and O–H groups in total. The highest BCUT2D eigenvalue weighted by molar-refractivity contribution is 6.14. The first-order valence-electron chi connectivity index (χ1n) is 17.1. The van der Waals surface area contributed by atoms with Gasteiger partial charge < -0.3 is 18.4 Å². The quantitative estimate of drug-likeness (QED) is 0.174. The van der Waals surface area contributed by atoms with Crippen molar-refractivity contribution in [3.8, 4) is 17.1 Å². The largest absolute Gasteiger partial charge is 0.373 e. The fraction of sp³-hybridized carbons (Fsp3) is 0.0667. The van der Waals surface area contributed by atoms with Crippen LogP contribution in [0.3, 0.4) is 0 Å². The summed E-state index contributed by atoms with van der Waals surface area (Å²) in [5.74, 6) is 0. The van der Waals surface area contributed by atoms with E-state index in [0.29, 0.717) is 6.10 Å². The van der Waals surface area contributed by atoms with Crippen molar-refractivity contribution in [2.24, 2.45) is 0 Å². The van der Waals surface area contributed by atoms with Gasteiger partial charge in [0.05, 0.1) is 45.8 Å². The van der Waals surface area contributed by atoms with Crippen LogP contribution < -0.4 is 0 Å². The Morgan fingerprint density at radius 1 is 0.388 bits per heavy atom. The minimum absolute atomic E-state index is 0.373. The van der Waals surface area contributed by atoms with Crippen LogP contribution in [-0.2, 0) is 11.2 Å². The second kappa shape index (κ2) is 10.2. The summed E-state index contributed by atoms with van der Waals surface area (Å²) in [4.78, 5) is 0. The summed E-state index contributed by atoms with van der Waals surface area (Å²) in [5, 5.41) is 7.54. The van der Waals surface area contributed by atoms with E-state index in [1.54, 1.807) is 0 Å². The molecule has 1 unspecified atom stereocenters. The molecule has 1 aliphatic rings. The maximum Gasteiger partial charge on any atom is 0.0850 e. The van der Waals surface area contributed by atoms with Gasteiger partial charge in [0.2, 0.25) is 0 Å². The van der Waals surface area contributed by atoms with Gasteiger partial charge >= 0.3 is 0 Å². The predicted molar refractivity (Wildman–Crippen MR) is 203 cm³/mol. The van der Waals surface area contributed by atoms with Crippen LogP contribution >= 0.6 is 0 Å². The average Bonchev–Trinajstić information content (AvgIpc) is 3.71. The molecule has 4 heterocycles. The molecule has 4 heteroatoms. The molecule has 10 aromatic rings. The number of epoxide rings is 1. The van der Waals surface area contributed by atoms with Crippen molar-refractivity contribution in [2.75, 3.05) is 6.61 Å². The van der Waals surface area contributed by atoms with Gasteiger partial charge in [-0.15, -0.1) is 0 Å². The number of aromatic nitrogens is 3. The van der Waals surface area contributed by atoms with Crippen LogP contribution in [0.4, 0.5) is 0 Å². The summed E-state index contributed by atoms with van der Waals surface area (Å²) in [7, 11) is 0. The molecule has 1 atom stereocenters. The van der Waals surface area contributed by atoms with Crippen molar-refractivity contribution in [1.82, 2.24) is 13.7 Å². The Hall–Kier alpha value is -6.10. The zero-order valence-electron chi connectivity index (χ0n) is 26.8. The number of benzene rings is 7. The van der Waals surface area contributed by atoms with E-state index in [0.717, 1.165) is 30.1 Å². The maximum absolute atomic E-state index is 5.51. The molecule has 11 rings (SSSR count). The lowest BCUT2D eigenvalue weighted by Crippen LogP contribution is -1.98. The van der Waals surface area contributed by atoms with Crippen molar-refractivity contribution < 1.29 is 4.74 Å². The number of rotatable bonds is 5. The zero-order chi connectivity index (χ0) is 32.1. The molecule has 4 nitrogen and oxygen atoms in total. The minimum Gasteiger partial charge on any atom is -0.373 e. The molecule has 0 amide bonds. The Bertz CT molecular complexity index is 2640. The molecule has 232 valence electrons. The summed E-state index contributed by atoms with van der Waals surface area (Å²) >= 11 is 0. The highest BCUT2D eigenvalue weighted by Gasteiger charge is 2.23. The molecule has 1 aliphatic heterocycles. The molecule has 1 fully saturated rings. The van der Waals surface area contributed by atoms with E-state index < -0.39 is 0 Å². The Morgan fingerprint density at radius 2 is 0.735 bits per heavy atom. The molecular weight excluding hydrogens is 599 g/mol. The van der Waals surface area contributed by atoms with Crippen molar-refractivity contribution in [3.63, 3.8) is 0 Å². The van der Waals surface area contributed by atoms with E-state index in [1.807, 2.05) is 0 Å². The maximum atomic E-state index is 5.51. The number of para-hydroxylation sites is 4. The van der Waals surface area contributed by atoms with Crippen LogP contribution in [0.25, 0.3) is 82.5 Å². The molecular formula is C45H31N3O. The first-order chi connectivity index (χ1) is 24.3. The third kappa shape index (κ3) is 4.01. The number of hydrogen-bond acceptors (Lipinski definition) is 1. The van der Waals surface area contributed by atoms with E-state index in [4.69, 9.17) is 4.74 Å². The Morgan fingerprint density at radius 3 is 1.14 bits per heavy atom. The van der Waals surface area contributed by atoms with E-state index in [2.05, 4.69) is 171 Å². The number of nitrogens with zero attached hydrogens (tertiary/aromatic N) is 3. The van der Waals surface area contributed by atoms with Gasteiger partial charge in [-0.2, -0.15) is 0 Å². The monoisotopic (exact) mass is 629 g/mol. The normalized spacial score (nSPS) is 14.7. The molecule has 0 aliphatic carbocycles. The summed E-state index contributed by atoms with van der Waals surface area (Å²) in [6.07, 6.45) is 1.34. The van der Waals surface area contributed by atoms with Crippen LogP contribution in [0.1, 0.15) is 5.56 Å². The van der Waals surface area contributed by atoms with Crippen LogP contribution in [0, 0.1) is 0 Å². The molecule has 7 aromatic carbocycles. The first-order valence-corrected chi connectivity index (χ1v) is 17.1. The smallest absolute Gasteiger partial charge is 0.0850 e. The van der Waals surface area contributed by atoms with Crippen LogP contribution in [0.2, 0.25) is 0 Å². The number of hydrogen-bond donors (Lipinski definition) is 0. The molecule has 0 spiro atoms. The third-order valence-corrected chi connectivity index (χ3v) is 10.5. The van der Waals surface area contributed by atoms with E-state index in [9.17, 15) is 0 Å². The van der Waals surface area contributed by atoms with Gasteiger partial charge in [-0.1, -0.05) is 84.9 Å². The lowest BCUT2D eigenvalue weighted by atomic mass is 10.1. The van der Waals surface area contributed by atoms with E-state index in [-0.39, 0.29) is 0 Å². The second-order valence-electron chi connectivity index (χ2n) is 13.3. The fourth-order valence-corrected chi connectivity index (χ4v) is 8.19. The van der Waals surface area contributed by atoms with Gasteiger partial charge in [-0.05, 0) is 78.4 Å². The Balaban J connectivity index is 1.19. The zero-order valence-corrected chi connectivity index (χ0v) is 26.8. The molecule has 0 radical (unpaired) electrons. The van der Waals surface area contributed by atoms with Crippen molar-refractivity contribution in [3.05, 3.63) is 163 Å². The minimum atomic E-state index is 0.373.